The van der Waals surface area contributed by atoms with Gasteiger partial charge in [-0.3, -0.25) is 19.7 Å². The van der Waals surface area contributed by atoms with Crippen molar-refractivity contribution >= 4 is 11.7 Å². The topological polar surface area (TPSA) is 73.8 Å². The van der Waals surface area contributed by atoms with Crippen molar-refractivity contribution in [1.29, 1.82) is 0 Å². The van der Waals surface area contributed by atoms with Crippen LogP contribution in [0.1, 0.15) is 50.8 Å². The summed E-state index contributed by atoms with van der Waals surface area (Å²) < 4.78 is 5.45. The quantitative estimate of drug-likeness (QED) is 0.621. The first kappa shape index (κ1) is 21.0. The summed E-state index contributed by atoms with van der Waals surface area (Å²) in [7, 11) is 0. The third kappa shape index (κ3) is 5.64. The van der Waals surface area contributed by atoms with Crippen molar-refractivity contribution in [3.8, 4) is 0 Å². The third-order valence-electron chi connectivity index (χ3n) is 5.51. The van der Waals surface area contributed by atoms with E-state index in [1.807, 2.05) is 13.8 Å². The summed E-state index contributed by atoms with van der Waals surface area (Å²) in [5.74, 6) is 1.42. The average molecular weight is 390 g/mol. The van der Waals surface area contributed by atoms with Crippen molar-refractivity contribution in [2.24, 2.45) is 10.9 Å². The van der Waals surface area contributed by atoms with E-state index in [-0.39, 0.29) is 5.56 Å². The molecule has 1 aromatic rings. The largest absolute Gasteiger partial charge is 0.379 e. The molecule has 0 bridgehead atoms. The van der Waals surface area contributed by atoms with Crippen molar-refractivity contribution in [1.82, 2.24) is 14.9 Å². The number of H-pyrrole nitrogens is 1. The maximum Gasteiger partial charge on any atom is 0.255 e. The number of nitrogens with one attached hydrogen (secondary N) is 1. The highest BCUT2D eigenvalue weighted by Gasteiger charge is 2.26. The zero-order valence-electron chi connectivity index (χ0n) is 17.7. The van der Waals surface area contributed by atoms with Gasteiger partial charge in [-0.2, -0.15) is 0 Å². The van der Waals surface area contributed by atoms with Gasteiger partial charge in [0.2, 0.25) is 5.95 Å². The van der Waals surface area contributed by atoms with Crippen molar-refractivity contribution in [2.45, 2.75) is 46.5 Å². The lowest BCUT2D eigenvalue weighted by molar-refractivity contribution is 0.0391. The first-order valence-corrected chi connectivity index (χ1v) is 10.8. The van der Waals surface area contributed by atoms with Crippen LogP contribution in [0.15, 0.2) is 9.79 Å². The second-order valence-electron chi connectivity index (χ2n) is 7.88. The number of aromatic amines is 1. The molecule has 1 aliphatic heterocycles. The van der Waals surface area contributed by atoms with Gasteiger partial charge in [0.1, 0.15) is 0 Å². The van der Waals surface area contributed by atoms with Crippen LogP contribution in [0.3, 0.4) is 0 Å². The summed E-state index contributed by atoms with van der Waals surface area (Å²) in [4.78, 5) is 30.0. The minimum atomic E-state index is -0.0490. The average Bonchev–Trinajstić information content (AvgIpc) is 3.52. The van der Waals surface area contributed by atoms with E-state index in [0.29, 0.717) is 18.1 Å². The van der Waals surface area contributed by atoms with Crippen LogP contribution >= 0.6 is 0 Å². The zero-order valence-corrected chi connectivity index (χ0v) is 17.7. The normalized spacial score (nSPS) is 18.5. The van der Waals surface area contributed by atoms with Gasteiger partial charge in [0.15, 0.2) is 0 Å². The van der Waals surface area contributed by atoms with Crippen molar-refractivity contribution in [3.63, 3.8) is 0 Å². The molecule has 28 heavy (non-hydrogen) atoms. The zero-order chi connectivity index (χ0) is 19.9. The Bertz CT molecular complexity index is 720. The molecule has 3 rings (SSSR count). The van der Waals surface area contributed by atoms with E-state index in [1.165, 1.54) is 12.8 Å². The highest BCUT2D eigenvalue weighted by molar-refractivity contribution is 6.00. The highest BCUT2D eigenvalue weighted by atomic mass is 16.5. The van der Waals surface area contributed by atoms with E-state index in [0.717, 1.165) is 76.1 Å². The number of nitrogens with zero attached hydrogens (tertiary/aromatic N) is 4. The fourth-order valence-corrected chi connectivity index (χ4v) is 3.63. The number of hydrogen-bond donors (Lipinski definition) is 1. The molecule has 7 nitrogen and oxygen atoms in total. The molecule has 7 heteroatoms. The van der Waals surface area contributed by atoms with Crippen molar-refractivity contribution in [2.75, 3.05) is 57.4 Å². The lowest BCUT2D eigenvalue weighted by Crippen LogP contribution is -2.43. The smallest absolute Gasteiger partial charge is 0.255 e. The predicted molar refractivity (Wildman–Crippen MR) is 114 cm³/mol. The van der Waals surface area contributed by atoms with E-state index in [4.69, 9.17) is 9.72 Å². The van der Waals surface area contributed by atoms with Gasteiger partial charge in [-0.05, 0) is 39.0 Å². The Morgan fingerprint density at radius 3 is 2.71 bits per heavy atom. The third-order valence-corrected chi connectivity index (χ3v) is 5.51. The van der Waals surface area contributed by atoms with Crippen LogP contribution in [0, 0.1) is 12.8 Å². The summed E-state index contributed by atoms with van der Waals surface area (Å²) in [6.45, 7) is 13.1. The van der Waals surface area contributed by atoms with Gasteiger partial charge >= 0.3 is 0 Å². The molecule has 1 aliphatic carbocycles. The number of ether oxygens (including phenoxy) is 1. The summed E-state index contributed by atoms with van der Waals surface area (Å²) in [6, 6.07) is 0. The number of hydrogen-bond acceptors (Lipinski definition) is 6. The number of morpholine rings is 1. The maximum atomic E-state index is 12.7. The monoisotopic (exact) mass is 389 g/mol. The van der Waals surface area contributed by atoms with Crippen LogP contribution in [0.25, 0.3) is 0 Å². The number of aliphatic imine (C=N–C) groups is 1. The van der Waals surface area contributed by atoms with Crippen LogP contribution in [0.4, 0.5) is 5.95 Å². The van der Waals surface area contributed by atoms with E-state index >= 15 is 0 Å². The summed E-state index contributed by atoms with van der Waals surface area (Å²) in [6.07, 6.45) is 4.39. The van der Waals surface area contributed by atoms with Crippen LogP contribution in [0.2, 0.25) is 0 Å². The number of rotatable bonds is 10. The van der Waals surface area contributed by atoms with Crippen molar-refractivity contribution < 1.29 is 4.74 Å². The maximum absolute atomic E-state index is 12.7. The fourth-order valence-electron chi connectivity index (χ4n) is 3.63. The molecule has 1 saturated heterocycles. The molecule has 0 aromatic carbocycles. The molecule has 1 N–H and O–H groups in total. The minimum absolute atomic E-state index is 0.0490. The SMILES string of the molecule is CCCC(=NCC)c1nc(N(CCN2CCOCC2)CC2CC2)[nH]c(=O)c1C. The molecule has 2 fully saturated rings. The van der Waals surface area contributed by atoms with Gasteiger partial charge in [-0.1, -0.05) is 13.3 Å². The Kier molecular flexibility index (Phi) is 7.62. The Balaban J connectivity index is 1.83. The number of anilines is 1. The Morgan fingerprint density at radius 2 is 2.07 bits per heavy atom. The Hall–Kier alpha value is -1.73. The molecule has 0 radical (unpaired) electrons. The first-order valence-electron chi connectivity index (χ1n) is 10.8. The van der Waals surface area contributed by atoms with Gasteiger partial charge in [0.25, 0.3) is 5.56 Å². The lowest BCUT2D eigenvalue weighted by Gasteiger charge is -2.30. The number of aromatic nitrogens is 2. The van der Waals surface area contributed by atoms with Crippen molar-refractivity contribution in [3.05, 3.63) is 21.6 Å². The summed E-state index contributed by atoms with van der Waals surface area (Å²) in [5, 5.41) is 0. The molecule has 0 unspecified atom stereocenters. The van der Waals surface area contributed by atoms with E-state index in [9.17, 15) is 4.79 Å². The molecule has 0 atom stereocenters. The molecule has 1 saturated carbocycles. The minimum Gasteiger partial charge on any atom is -0.379 e. The lowest BCUT2D eigenvalue weighted by atomic mass is 10.1. The second-order valence-corrected chi connectivity index (χ2v) is 7.88. The van der Waals surface area contributed by atoms with Gasteiger partial charge < -0.3 is 9.64 Å². The molecule has 0 amide bonds. The van der Waals surface area contributed by atoms with Gasteiger partial charge in [0.05, 0.1) is 24.6 Å². The van der Waals surface area contributed by atoms with Gasteiger partial charge in [-0.15, -0.1) is 0 Å². The van der Waals surface area contributed by atoms with Gasteiger partial charge in [0, 0.05) is 44.8 Å². The molecule has 2 aliphatic rings. The Morgan fingerprint density at radius 1 is 1.32 bits per heavy atom. The molecular formula is C21H35N5O2. The molecule has 0 spiro atoms. The second kappa shape index (κ2) is 10.2. The molecule has 156 valence electrons. The Labute approximate surface area is 168 Å². The molecule has 1 aromatic heterocycles. The van der Waals surface area contributed by atoms with E-state index in [1.54, 1.807) is 0 Å². The molecular weight excluding hydrogens is 354 g/mol. The highest BCUT2D eigenvalue weighted by Crippen LogP contribution is 2.30. The van der Waals surface area contributed by atoms with Gasteiger partial charge in [-0.25, -0.2) is 4.98 Å². The van der Waals surface area contributed by atoms with Crippen LogP contribution in [-0.2, 0) is 4.74 Å². The van der Waals surface area contributed by atoms with E-state index in [2.05, 4.69) is 26.7 Å². The van der Waals surface area contributed by atoms with Crippen LogP contribution in [0.5, 0.6) is 0 Å². The summed E-state index contributed by atoms with van der Waals surface area (Å²) in [5.41, 5.74) is 2.35. The first-order chi connectivity index (χ1) is 13.6. The summed E-state index contributed by atoms with van der Waals surface area (Å²) >= 11 is 0. The van der Waals surface area contributed by atoms with Crippen LogP contribution < -0.4 is 10.5 Å². The predicted octanol–water partition coefficient (Wildman–Crippen LogP) is 2.24. The standard InChI is InChI=1S/C21H35N5O2/c1-4-6-18(22-5-2)19-16(3)20(27)24-21(23-19)26(15-17-7-8-17)10-9-25-11-13-28-14-12-25/h17H,4-15H2,1-3H3,(H,23,24,27). The van der Waals surface area contributed by atoms with Crippen LogP contribution in [-0.4, -0.2) is 73.1 Å². The van der Waals surface area contributed by atoms with E-state index < -0.39 is 0 Å². The molecule has 2 heterocycles. The fraction of sp³-hybridized carbons (Fsp3) is 0.762.